The summed E-state index contributed by atoms with van der Waals surface area (Å²) in [5.74, 6) is 1.26. The minimum atomic E-state index is 0.630. The molecule has 0 N–H and O–H groups in total. The zero-order valence-electron chi connectivity index (χ0n) is 8.76. The Hall–Kier alpha value is -0.0500. The topological polar surface area (TPSA) is 0 Å². The smallest absolute Gasteiger partial charge is 0.0167 e. The van der Waals surface area contributed by atoms with E-state index < -0.39 is 0 Å². The fourth-order valence-electron chi connectivity index (χ4n) is 1.67. The zero-order chi connectivity index (χ0) is 10.0. The quantitative estimate of drug-likeness (QED) is 0.701. The molecule has 1 aromatic rings. The summed E-state index contributed by atoms with van der Waals surface area (Å²) >= 11 is 2.43. The van der Waals surface area contributed by atoms with Gasteiger partial charge in [-0.2, -0.15) is 0 Å². The summed E-state index contributed by atoms with van der Waals surface area (Å²) in [6.07, 6.45) is 0. The highest BCUT2D eigenvalue weighted by molar-refractivity contribution is 14.1. The van der Waals surface area contributed by atoms with E-state index in [2.05, 4.69) is 68.5 Å². The fourth-order valence-corrected chi connectivity index (χ4v) is 2.81. The zero-order valence-corrected chi connectivity index (χ0v) is 10.9. The Morgan fingerprint density at radius 1 is 1.00 bits per heavy atom. The van der Waals surface area contributed by atoms with Crippen molar-refractivity contribution in [3.63, 3.8) is 0 Å². The molecule has 1 aromatic carbocycles. The lowest BCUT2D eigenvalue weighted by Crippen LogP contribution is -2.00. The first-order valence-corrected chi connectivity index (χ1v) is 5.90. The Morgan fingerprint density at radius 2 is 1.62 bits per heavy atom. The second kappa shape index (κ2) is 4.45. The van der Waals surface area contributed by atoms with E-state index >= 15 is 0 Å². The molecule has 1 heteroatoms. The van der Waals surface area contributed by atoms with Crippen LogP contribution in [0.15, 0.2) is 18.2 Å². The summed E-state index contributed by atoms with van der Waals surface area (Å²) in [5.41, 5.74) is 3.03. The lowest BCUT2D eigenvalue weighted by atomic mass is 9.91. The first kappa shape index (κ1) is 11.0. The predicted molar refractivity (Wildman–Crippen MR) is 67.3 cm³/mol. The number of hydrogen-bond donors (Lipinski definition) is 0. The minimum absolute atomic E-state index is 0.630. The molecule has 0 nitrogen and oxygen atoms in total. The average molecular weight is 288 g/mol. The average Bonchev–Trinajstić information content (AvgIpc) is 2.02. The molecule has 0 fully saturated rings. The van der Waals surface area contributed by atoms with Crippen LogP contribution in [0, 0.1) is 3.57 Å². The maximum absolute atomic E-state index is 2.43. The Bertz CT molecular complexity index is 287. The van der Waals surface area contributed by atoms with Gasteiger partial charge in [0.2, 0.25) is 0 Å². The third-order valence-electron chi connectivity index (χ3n) is 2.29. The third kappa shape index (κ3) is 2.46. The van der Waals surface area contributed by atoms with E-state index in [9.17, 15) is 0 Å². The van der Waals surface area contributed by atoms with Crippen LogP contribution in [0.5, 0.6) is 0 Å². The second-order valence-electron chi connectivity index (χ2n) is 4.05. The summed E-state index contributed by atoms with van der Waals surface area (Å²) in [6.45, 7) is 9.06. The molecule has 0 spiro atoms. The van der Waals surface area contributed by atoms with Crippen LogP contribution >= 0.6 is 22.6 Å². The molecule has 0 amide bonds. The molecule has 0 radical (unpaired) electrons. The van der Waals surface area contributed by atoms with Gasteiger partial charge >= 0.3 is 0 Å². The summed E-state index contributed by atoms with van der Waals surface area (Å²) < 4.78 is 1.40. The molecule has 0 saturated heterocycles. The molecular formula is C12H17I. The van der Waals surface area contributed by atoms with Crippen LogP contribution in [0.2, 0.25) is 0 Å². The van der Waals surface area contributed by atoms with Crippen molar-refractivity contribution >= 4 is 22.6 Å². The van der Waals surface area contributed by atoms with Crippen molar-refractivity contribution in [3.05, 3.63) is 32.9 Å². The van der Waals surface area contributed by atoms with Crippen molar-refractivity contribution in [2.45, 2.75) is 39.5 Å². The highest BCUT2D eigenvalue weighted by Gasteiger charge is 2.11. The van der Waals surface area contributed by atoms with Gasteiger partial charge in [0.05, 0.1) is 0 Å². The SMILES string of the molecule is CC(C)c1cccc(I)c1C(C)C. The van der Waals surface area contributed by atoms with Gasteiger partial charge in [-0.3, -0.25) is 0 Å². The van der Waals surface area contributed by atoms with Gasteiger partial charge in [-0.15, -0.1) is 0 Å². The van der Waals surface area contributed by atoms with E-state index in [-0.39, 0.29) is 0 Å². The molecule has 1 rings (SSSR count). The van der Waals surface area contributed by atoms with E-state index in [1.54, 1.807) is 0 Å². The molecule has 0 aromatic heterocycles. The molecule has 13 heavy (non-hydrogen) atoms. The highest BCUT2D eigenvalue weighted by atomic mass is 127. The van der Waals surface area contributed by atoms with Crippen molar-refractivity contribution in [1.82, 2.24) is 0 Å². The monoisotopic (exact) mass is 288 g/mol. The lowest BCUT2D eigenvalue weighted by Gasteiger charge is -2.17. The first-order chi connectivity index (χ1) is 6.04. The van der Waals surface area contributed by atoms with E-state index in [0.29, 0.717) is 11.8 Å². The number of benzene rings is 1. The normalized spacial score (nSPS) is 11.3. The standard InChI is InChI=1S/C12H17I/c1-8(2)10-6-5-7-11(13)12(10)9(3)4/h5-9H,1-4H3. The van der Waals surface area contributed by atoms with E-state index in [0.717, 1.165) is 0 Å². The van der Waals surface area contributed by atoms with Crippen molar-refractivity contribution in [2.75, 3.05) is 0 Å². The van der Waals surface area contributed by atoms with Crippen LogP contribution in [0.3, 0.4) is 0 Å². The molecule has 0 aliphatic heterocycles. The highest BCUT2D eigenvalue weighted by Crippen LogP contribution is 2.29. The fraction of sp³-hybridized carbons (Fsp3) is 0.500. The van der Waals surface area contributed by atoms with Gasteiger partial charge in [0.15, 0.2) is 0 Å². The van der Waals surface area contributed by atoms with Crippen LogP contribution < -0.4 is 0 Å². The van der Waals surface area contributed by atoms with Crippen LogP contribution in [0.4, 0.5) is 0 Å². The van der Waals surface area contributed by atoms with Crippen molar-refractivity contribution < 1.29 is 0 Å². The molecule has 0 atom stereocenters. The van der Waals surface area contributed by atoms with Gasteiger partial charge < -0.3 is 0 Å². The van der Waals surface area contributed by atoms with Crippen LogP contribution in [0.1, 0.15) is 50.7 Å². The number of hydrogen-bond acceptors (Lipinski definition) is 0. The largest absolute Gasteiger partial charge is 0.0609 e. The second-order valence-corrected chi connectivity index (χ2v) is 5.21. The molecule has 0 heterocycles. The molecular weight excluding hydrogens is 271 g/mol. The summed E-state index contributed by atoms with van der Waals surface area (Å²) in [7, 11) is 0. The molecule has 0 saturated carbocycles. The Morgan fingerprint density at radius 3 is 2.00 bits per heavy atom. The maximum atomic E-state index is 2.43. The van der Waals surface area contributed by atoms with E-state index in [1.807, 2.05) is 0 Å². The molecule has 0 aliphatic carbocycles. The summed E-state index contributed by atoms with van der Waals surface area (Å²) in [5, 5.41) is 0. The lowest BCUT2D eigenvalue weighted by molar-refractivity contribution is 0.785. The Kier molecular flexibility index (Phi) is 3.77. The molecule has 0 bridgehead atoms. The van der Waals surface area contributed by atoms with Gasteiger partial charge in [0.25, 0.3) is 0 Å². The van der Waals surface area contributed by atoms with Crippen molar-refractivity contribution in [2.24, 2.45) is 0 Å². The molecule has 0 unspecified atom stereocenters. The van der Waals surface area contributed by atoms with Crippen LogP contribution in [0.25, 0.3) is 0 Å². The van der Waals surface area contributed by atoms with E-state index in [1.165, 1.54) is 14.7 Å². The van der Waals surface area contributed by atoms with Gasteiger partial charge in [-0.1, -0.05) is 39.8 Å². The van der Waals surface area contributed by atoms with Crippen molar-refractivity contribution in [1.29, 1.82) is 0 Å². The molecule has 72 valence electrons. The minimum Gasteiger partial charge on any atom is -0.0609 e. The van der Waals surface area contributed by atoms with Crippen molar-refractivity contribution in [3.8, 4) is 0 Å². The molecule has 0 aliphatic rings. The Balaban J connectivity index is 3.26. The van der Waals surface area contributed by atoms with Gasteiger partial charge in [-0.25, -0.2) is 0 Å². The number of halogens is 1. The van der Waals surface area contributed by atoms with Crippen LogP contribution in [-0.4, -0.2) is 0 Å². The van der Waals surface area contributed by atoms with Gasteiger partial charge in [0, 0.05) is 3.57 Å². The summed E-state index contributed by atoms with van der Waals surface area (Å²) in [4.78, 5) is 0. The summed E-state index contributed by atoms with van der Waals surface area (Å²) in [6, 6.07) is 6.60. The van der Waals surface area contributed by atoms with E-state index in [4.69, 9.17) is 0 Å². The first-order valence-electron chi connectivity index (χ1n) is 4.82. The number of rotatable bonds is 2. The maximum Gasteiger partial charge on any atom is 0.0167 e. The van der Waals surface area contributed by atoms with Gasteiger partial charge in [-0.05, 0) is 51.6 Å². The van der Waals surface area contributed by atoms with Crippen LogP contribution in [-0.2, 0) is 0 Å². The predicted octanol–water partition coefficient (Wildman–Crippen LogP) is 4.54. The third-order valence-corrected chi connectivity index (χ3v) is 3.23. The van der Waals surface area contributed by atoms with Gasteiger partial charge in [0.1, 0.15) is 0 Å². The Labute approximate surface area is 94.9 Å².